The van der Waals surface area contributed by atoms with Crippen LogP contribution in [0.25, 0.3) is 11.0 Å². The number of carbonyl (C=O) groups is 2. The van der Waals surface area contributed by atoms with Gasteiger partial charge in [-0.05, 0) is 50.2 Å². The lowest BCUT2D eigenvalue weighted by molar-refractivity contribution is -0.123. The van der Waals surface area contributed by atoms with Crippen molar-refractivity contribution in [1.29, 1.82) is 0 Å². The van der Waals surface area contributed by atoms with E-state index in [0.717, 1.165) is 5.39 Å². The van der Waals surface area contributed by atoms with Crippen LogP contribution in [0.2, 0.25) is 0 Å². The number of nitrogens with one attached hydrogen (secondary N) is 1. The van der Waals surface area contributed by atoms with E-state index in [4.69, 9.17) is 13.9 Å². The highest BCUT2D eigenvalue weighted by Gasteiger charge is 2.16. The van der Waals surface area contributed by atoms with Crippen LogP contribution in [0.4, 0.5) is 0 Å². The predicted octanol–water partition coefficient (Wildman–Crippen LogP) is 4.68. The third-order valence-corrected chi connectivity index (χ3v) is 4.50. The van der Waals surface area contributed by atoms with Crippen LogP contribution in [-0.4, -0.2) is 24.9 Å². The summed E-state index contributed by atoms with van der Waals surface area (Å²) < 4.78 is 17.0. The van der Waals surface area contributed by atoms with Gasteiger partial charge in [0.1, 0.15) is 11.5 Å². The minimum atomic E-state index is -0.322. The first kappa shape index (κ1) is 20.5. The van der Waals surface area contributed by atoms with E-state index in [1.54, 1.807) is 24.3 Å². The molecule has 1 N–H and O–H groups in total. The molecule has 0 radical (unpaired) electrons. The minimum Gasteiger partial charge on any atom is -0.490 e. The SMILES string of the molecule is CCOc1cccc2cc(C(C)NC(=O)COc3ccc(C(=O)CC)cc3)oc12. The lowest BCUT2D eigenvalue weighted by atomic mass is 10.1. The summed E-state index contributed by atoms with van der Waals surface area (Å²) in [5, 5.41) is 3.79. The van der Waals surface area contributed by atoms with Crippen LogP contribution in [-0.2, 0) is 4.79 Å². The first-order valence-corrected chi connectivity index (χ1v) is 9.72. The van der Waals surface area contributed by atoms with E-state index in [2.05, 4.69) is 5.32 Å². The molecule has 0 bridgehead atoms. The number of hydrogen-bond acceptors (Lipinski definition) is 5. The molecule has 0 aliphatic carbocycles. The standard InChI is InChI=1S/C23H25NO5/c1-4-19(25)16-9-11-18(12-10-16)28-14-22(26)24-15(3)21-13-17-7-6-8-20(27-5-2)23(17)29-21/h6-13,15H,4-5,14H2,1-3H3,(H,24,26). The molecule has 1 unspecified atom stereocenters. The number of benzene rings is 2. The topological polar surface area (TPSA) is 77.8 Å². The van der Waals surface area contributed by atoms with Crippen molar-refractivity contribution in [3.63, 3.8) is 0 Å². The number of fused-ring (bicyclic) bond motifs is 1. The van der Waals surface area contributed by atoms with E-state index in [1.165, 1.54) is 0 Å². The van der Waals surface area contributed by atoms with E-state index >= 15 is 0 Å². The Kier molecular flexibility index (Phi) is 6.54. The summed E-state index contributed by atoms with van der Waals surface area (Å²) in [6.07, 6.45) is 0.453. The first-order chi connectivity index (χ1) is 14.0. The number of para-hydroxylation sites is 1. The van der Waals surface area contributed by atoms with Gasteiger partial charge < -0.3 is 19.2 Å². The van der Waals surface area contributed by atoms with Crippen molar-refractivity contribution in [1.82, 2.24) is 5.32 Å². The van der Waals surface area contributed by atoms with Gasteiger partial charge in [0, 0.05) is 17.4 Å². The maximum Gasteiger partial charge on any atom is 0.258 e. The molecule has 6 nitrogen and oxygen atoms in total. The Labute approximate surface area is 169 Å². The average molecular weight is 395 g/mol. The maximum absolute atomic E-state index is 12.2. The van der Waals surface area contributed by atoms with E-state index in [0.29, 0.717) is 41.4 Å². The Morgan fingerprint density at radius 1 is 1.07 bits per heavy atom. The fourth-order valence-corrected chi connectivity index (χ4v) is 2.98. The Morgan fingerprint density at radius 3 is 2.52 bits per heavy atom. The van der Waals surface area contributed by atoms with Crippen LogP contribution in [0.15, 0.2) is 52.9 Å². The molecule has 0 spiro atoms. The third-order valence-electron chi connectivity index (χ3n) is 4.50. The highest BCUT2D eigenvalue weighted by Crippen LogP contribution is 2.31. The van der Waals surface area contributed by atoms with Gasteiger partial charge in [0.05, 0.1) is 12.6 Å². The minimum absolute atomic E-state index is 0.0708. The predicted molar refractivity (Wildman–Crippen MR) is 110 cm³/mol. The Morgan fingerprint density at radius 2 is 1.83 bits per heavy atom. The number of Topliss-reactive ketones (excluding diaryl/α,β-unsaturated/α-hetero) is 1. The van der Waals surface area contributed by atoms with Gasteiger partial charge in [0.2, 0.25) is 0 Å². The van der Waals surface area contributed by atoms with Crippen LogP contribution < -0.4 is 14.8 Å². The van der Waals surface area contributed by atoms with Crippen LogP contribution in [0.3, 0.4) is 0 Å². The maximum atomic E-state index is 12.2. The quantitative estimate of drug-likeness (QED) is 0.532. The molecule has 0 fully saturated rings. The van der Waals surface area contributed by atoms with Crippen molar-refractivity contribution in [3.8, 4) is 11.5 Å². The smallest absolute Gasteiger partial charge is 0.258 e. The number of rotatable bonds is 9. The number of ether oxygens (including phenoxy) is 2. The van der Waals surface area contributed by atoms with E-state index in [-0.39, 0.29) is 24.3 Å². The van der Waals surface area contributed by atoms with Gasteiger partial charge in [-0.3, -0.25) is 9.59 Å². The molecule has 0 aliphatic rings. The molecule has 1 atom stereocenters. The van der Waals surface area contributed by atoms with Gasteiger partial charge in [-0.2, -0.15) is 0 Å². The number of furan rings is 1. The monoisotopic (exact) mass is 395 g/mol. The largest absolute Gasteiger partial charge is 0.490 e. The van der Waals surface area contributed by atoms with Crippen LogP contribution in [0, 0.1) is 0 Å². The zero-order chi connectivity index (χ0) is 20.8. The van der Waals surface area contributed by atoms with Crippen LogP contribution in [0.1, 0.15) is 49.4 Å². The molecular formula is C23H25NO5. The third kappa shape index (κ3) is 4.96. The molecule has 0 saturated carbocycles. The second-order valence-electron chi connectivity index (χ2n) is 6.64. The van der Waals surface area contributed by atoms with Crippen molar-refractivity contribution in [2.45, 2.75) is 33.2 Å². The summed E-state index contributed by atoms with van der Waals surface area (Å²) in [4.78, 5) is 23.9. The molecule has 3 rings (SSSR count). The molecule has 1 heterocycles. The Bertz CT molecular complexity index is 990. The number of ketones is 1. The van der Waals surface area contributed by atoms with Crippen LogP contribution >= 0.6 is 0 Å². The lowest BCUT2D eigenvalue weighted by Gasteiger charge is -2.12. The highest BCUT2D eigenvalue weighted by molar-refractivity contribution is 5.95. The Balaban J connectivity index is 1.58. The van der Waals surface area contributed by atoms with Gasteiger partial charge in [0.15, 0.2) is 23.7 Å². The summed E-state index contributed by atoms with van der Waals surface area (Å²) in [5.41, 5.74) is 1.30. The van der Waals surface area contributed by atoms with Crippen molar-refractivity contribution in [2.24, 2.45) is 0 Å². The van der Waals surface area contributed by atoms with Crippen molar-refractivity contribution in [3.05, 3.63) is 59.9 Å². The summed E-state index contributed by atoms with van der Waals surface area (Å²) in [6, 6.07) is 14.1. The first-order valence-electron chi connectivity index (χ1n) is 9.72. The zero-order valence-corrected chi connectivity index (χ0v) is 16.9. The summed E-state index contributed by atoms with van der Waals surface area (Å²) in [7, 11) is 0. The molecule has 6 heteroatoms. The normalized spacial score (nSPS) is 11.8. The average Bonchev–Trinajstić information content (AvgIpc) is 3.18. The second-order valence-corrected chi connectivity index (χ2v) is 6.64. The number of amides is 1. The molecule has 2 aromatic carbocycles. The van der Waals surface area contributed by atoms with Crippen molar-refractivity contribution >= 4 is 22.7 Å². The lowest BCUT2D eigenvalue weighted by Crippen LogP contribution is -2.31. The molecule has 1 amide bonds. The van der Waals surface area contributed by atoms with E-state index < -0.39 is 0 Å². The van der Waals surface area contributed by atoms with Gasteiger partial charge in [-0.15, -0.1) is 0 Å². The van der Waals surface area contributed by atoms with Gasteiger partial charge in [-0.1, -0.05) is 19.1 Å². The molecule has 1 aromatic heterocycles. The van der Waals surface area contributed by atoms with Crippen LogP contribution in [0.5, 0.6) is 11.5 Å². The highest BCUT2D eigenvalue weighted by atomic mass is 16.5. The van der Waals surface area contributed by atoms with E-state index in [1.807, 2.05) is 45.0 Å². The Hall–Kier alpha value is -3.28. The fourth-order valence-electron chi connectivity index (χ4n) is 2.98. The molecule has 3 aromatic rings. The summed E-state index contributed by atoms with van der Waals surface area (Å²) >= 11 is 0. The molecule has 152 valence electrons. The molecule has 29 heavy (non-hydrogen) atoms. The molecule has 0 saturated heterocycles. The van der Waals surface area contributed by atoms with Gasteiger partial charge in [0.25, 0.3) is 5.91 Å². The van der Waals surface area contributed by atoms with E-state index in [9.17, 15) is 9.59 Å². The number of carbonyl (C=O) groups excluding carboxylic acids is 2. The second kappa shape index (κ2) is 9.28. The molecule has 0 aliphatic heterocycles. The zero-order valence-electron chi connectivity index (χ0n) is 16.9. The van der Waals surface area contributed by atoms with Gasteiger partial charge >= 0.3 is 0 Å². The fraction of sp³-hybridized carbons (Fsp3) is 0.304. The van der Waals surface area contributed by atoms with Crippen molar-refractivity contribution in [2.75, 3.05) is 13.2 Å². The van der Waals surface area contributed by atoms with Gasteiger partial charge in [-0.25, -0.2) is 0 Å². The molecular weight excluding hydrogens is 370 g/mol. The number of hydrogen-bond donors (Lipinski definition) is 1. The summed E-state index contributed by atoms with van der Waals surface area (Å²) in [6.45, 7) is 6.00. The van der Waals surface area contributed by atoms with Crippen molar-refractivity contribution < 1.29 is 23.5 Å². The summed E-state index contributed by atoms with van der Waals surface area (Å²) in [5.74, 6) is 1.66.